The minimum atomic E-state index is -0.510. The Morgan fingerprint density at radius 1 is 1.00 bits per heavy atom. The van der Waals surface area contributed by atoms with Gasteiger partial charge in [-0.2, -0.15) is 0 Å². The van der Waals surface area contributed by atoms with Crippen LogP contribution < -0.4 is 20.9 Å². The summed E-state index contributed by atoms with van der Waals surface area (Å²) in [5.74, 6) is -0.579. The summed E-state index contributed by atoms with van der Waals surface area (Å²) in [5.41, 5.74) is 6.31. The van der Waals surface area contributed by atoms with Gasteiger partial charge in [0.25, 0.3) is 11.8 Å². The van der Waals surface area contributed by atoms with E-state index in [4.69, 9.17) is 16.3 Å². The Bertz CT molecular complexity index is 837. The van der Waals surface area contributed by atoms with Gasteiger partial charge in [0.1, 0.15) is 5.75 Å². The molecule has 0 spiro atoms. The van der Waals surface area contributed by atoms with E-state index in [-0.39, 0.29) is 12.5 Å². The largest absolute Gasteiger partial charge is 0.483 e. The Morgan fingerprint density at radius 3 is 2.33 bits per heavy atom. The minimum Gasteiger partial charge on any atom is -0.483 e. The number of benzene rings is 2. The molecule has 0 heterocycles. The highest BCUT2D eigenvalue weighted by Crippen LogP contribution is 2.21. The third-order valence-corrected chi connectivity index (χ3v) is 3.80. The van der Waals surface area contributed by atoms with Gasteiger partial charge in [0.2, 0.25) is 5.91 Å². The Kier molecular flexibility index (Phi) is 7.19. The van der Waals surface area contributed by atoms with Crippen molar-refractivity contribution in [3.63, 3.8) is 0 Å². The lowest BCUT2D eigenvalue weighted by atomic mass is 10.2. The molecule has 0 fully saturated rings. The quantitative estimate of drug-likeness (QED) is 0.662. The normalized spacial score (nSPS) is 10.0. The van der Waals surface area contributed by atoms with E-state index in [2.05, 4.69) is 16.2 Å². The molecular formula is C19H20ClN3O4. The van der Waals surface area contributed by atoms with E-state index in [9.17, 15) is 14.4 Å². The van der Waals surface area contributed by atoms with Crippen LogP contribution in [-0.2, 0) is 9.59 Å². The van der Waals surface area contributed by atoms with Crippen molar-refractivity contribution in [3.8, 4) is 5.75 Å². The van der Waals surface area contributed by atoms with Gasteiger partial charge in [0, 0.05) is 22.7 Å². The predicted molar refractivity (Wildman–Crippen MR) is 103 cm³/mol. The summed E-state index contributed by atoms with van der Waals surface area (Å²) in [7, 11) is 0. The molecule has 0 saturated carbocycles. The average Bonchev–Trinajstić information content (AvgIpc) is 2.65. The van der Waals surface area contributed by atoms with E-state index in [1.807, 2.05) is 6.92 Å². The van der Waals surface area contributed by atoms with Gasteiger partial charge in [-0.15, -0.1) is 0 Å². The number of anilines is 1. The van der Waals surface area contributed by atoms with Crippen LogP contribution >= 0.6 is 11.6 Å². The second-order valence-corrected chi connectivity index (χ2v) is 6.12. The van der Waals surface area contributed by atoms with Gasteiger partial charge < -0.3 is 10.1 Å². The molecule has 3 amide bonds. The third-order valence-electron chi connectivity index (χ3n) is 3.56. The number of aryl methyl sites for hydroxylation is 1. The van der Waals surface area contributed by atoms with Gasteiger partial charge in [-0.25, -0.2) is 0 Å². The first-order valence-electron chi connectivity index (χ1n) is 8.27. The summed E-state index contributed by atoms with van der Waals surface area (Å²) in [6.07, 6.45) is 0.367. The maximum Gasteiger partial charge on any atom is 0.276 e. The van der Waals surface area contributed by atoms with Crippen LogP contribution in [0.3, 0.4) is 0 Å². The Balaban J connectivity index is 1.80. The number of carbonyl (C=O) groups is 3. The van der Waals surface area contributed by atoms with Crippen LogP contribution in [0.25, 0.3) is 0 Å². The van der Waals surface area contributed by atoms with Crippen molar-refractivity contribution in [2.75, 3.05) is 11.9 Å². The topological polar surface area (TPSA) is 96.5 Å². The van der Waals surface area contributed by atoms with Crippen molar-refractivity contribution in [3.05, 3.63) is 58.6 Å². The van der Waals surface area contributed by atoms with Crippen LogP contribution in [0.15, 0.2) is 42.5 Å². The molecule has 0 aromatic heterocycles. The van der Waals surface area contributed by atoms with Crippen LogP contribution in [0.4, 0.5) is 5.69 Å². The molecule has 7 nitrogen and oxygen atoms in total. The molecule has 0 aliphatic rings. The lowest BCUT2D eigenvalue weighted by Gasteiger charge is -2.11. The Morgan fingerprint density at radius 2 is 1.70 bits per heavy atom. The number of hydrogen-bond donors (Lipinski definition) is 3. The van der Waals surface area contributed by atoms with E-state index in [0.29, 0.717) is 28.4 Å². The molecule has 8 heteroatoms. The van der Waals surface area contributed by atoms with Gasteiger partial charge in [-0.3, -0.25) is 25.2 Å². The standard InChI is InChI=1S/C19H20ClN3O4/c1-3-17(24)21-15-7-4-13(5-8-15)19(26)23-22-18(25)11-27-16-9-6-14(20)10-12(16)2/h4-10H,3,11H2,1-2H3,(H,21,24)(H,22,25)(H,23,26). The molecule has 27 heavy (non-hydrogen) atoms. The van der Waals surface area contributed by atoms with Crippen molar-refractivity contribution in [2.24, 2.45) is 0 Å². The summed E-state index contributed by atoms with van der Waals surface area (Å²) < 4.78 is 5.39. The lowest BCUT2D eigenvalue weighted by molar-refractivity contribution is -0.123. The maximum atomic E-state index is 12.0. The fourth-order valence-corrected chi connectivity index (χ4v) is 2.33. The summed E-state index contributed by atoms with van der Waals surface area (Å²) in [5, 5.41) is 3.26. The van der Waals surface area contributed by atoms with Crippen LogP contribution in [0.5, 0.6) is 5.75 Å². The van der Waals surface area contributed by atoms with E-state index in [1.54, 1.807) is 49.4 Å². The monoisotopic (exact) mass is 389 g/mol. The maximum absolute atomic E-state index is 12.0. The SMILES string of the molecule is CCC(=O)Nc1ccc(C(=O)NNC(=O)COc2ccc(Cl)cc2C)cc1. The molecule has 0 aliphatic carbocycles. The van der Waals surface area contributed by atoms with Crippen LogP contribution in [-0.4, -0.2) is 24.3 Å². The first-order chi connectivity index (χ1) is 12.9. The smallest absolute Gasteiger partial charge is 0.276 e. The summed E-state index contributed by atoms with van der Waals surface area (Å²) >= 11 is 5.86. The van der Waals surface area contributed by atoms with Crippen LogP contribution in [0.1, 0.15) is 29.3 Å². The van der Waals surface area contributed by atoms with E-state index in [0.717, 1.165) is 5.56 Å². The fourth-order valence-electron chi connectivity index (χ4n) is 2.11. The summed E-state index contributed by atoms with van der Waals surface area (Å²) in [6.45, 7) is 3.30. The molecule has 0 atom stereocenters. The van der Waals surface area contributed by atoms with Crippen molar-refractivity contribution < 1.29 is 19.1 Å². The molecule has 0 saturated heterocycles. The zero-order valence-corrected chi connectivity index (χ0v) is 15.7. The number of carbonyl (C=O) groups excluding carboxylic acids is 3. The highest BCUT2D eigenvalue weighted by atomic mass is 35.5. The van der Waals surface area contributed by atoms with Gasteiger partial charge in [-0.1, -0.05) is 18.5 Å². The molecule has 3 N–H and O–H groups in total. The molecule has 2 rings (SSSR count). The number of hydrazine groups is 1. The van der Waals surface area contributed by atoms with Gasteiger partial charge >= 0.3 is 0 Å². The predicted octanol–water partition coefficient (Wildman–Crippen LogP) is 2.84. The van der Waals surface area contributed by atoms with Crippen molar-refractivity contribution in [2.45, 2.75) is 20.3 Å². The number of rotatable bonds is 6. The van der Waals surface area contributed by atoms with Gasteiger partial charge in [0.05, 0.1) is 0 Å². The second kappa shape index (κ2) is 9.59. The Labute approximate surface area is 162 Å². The lowest BCUT2D eigenvalue weighted by Crippen LogP contribution is -2.43. The average molecular weight is 390 g/mol. The van der Waals surface area contributed by atoms with Crippen molar-refractivity contribution >= 4 is 35.0 Å². The highest BCUT2D eigenvalue weighted by Gasteiger charge is 2.09. The molecule has 0 bridgehead atoms. The number of ether oxygens (including phenoxy) is 1. The van der Waals surface area contributed by atoms with Gasteiger partial charge in [0.15, 0.2) is 6.61 Å². The van der Waals surface area contributed by atoms with Crippen molar-refractivity contribution in [1.29, 1.82) is 0 Å². The second-order valence-electron chi connectivity index (χ2n) is 5.68. The van der Waals surface area contributed by atoms with Crippen molar-refractivity contribution in [1.82, 2.24) is 10.9 Å². The van der Waals surface area contributed by atoms with E-state index < -0.39 is 11.8 Å². The Hall–Kier alpha value is -3.06. The number of amides is 3. The zero-order chi connectivity index (χ0) is 19.8. The molecule has 0 radical (unpaired) electrons. The summed E-state index contributed by atoms with van der Waals surface area (Å²) in [6, 6.07) is 11.4. The molecular weight excluding hydrogens is 370 g/mol. The molecule has 2 aromatic rings. The number of halogens is 1. The molecule has 142 valence electrons. The first-order valence-corrected chi connectivity index (χ1v) is 8.65. The van der Waals surface area contributed by atoms with E-state index in [1.165, 1.54) is 0 Å². The van der Waals surface area contributed by atoms with Crippen LogP contribution in [0.2, 0.25) is 5.02 Å². The van der Waals surface area contributed by atoms with Gasteiger partial charge in [-0.05, 0) is 55.0 Å². The number of hydrogen-bond acceptors (Lipinski definition) is 4. The molecule has 2 aromatic carbocycles. The fraction of sp³-hybridized carbons (Fsp3) is 0.211. The third kappa shape index (κ3) is 6.31. The number of nitrogens with one attached hydrogen (secondary N) is 3. The van der Waals surface area contributed by atoms with E-state index >= 15 is 0 Å². The minimum absolute atomic E-state index is 0.115. The zero-order valence-electron chi connectivity index (χ0n) is 15.0. The van der Waals surface area contributed by atoms with Crippen LogP contribution in [0, 0.1) is 6.92 Å². The first kappa shape index (κ1) is 20.3. The molecule has 0 unspecified atom stereocenters. The summed E-state index contributed by atoms with van der Waals surface area (Å²) in [4.78, 5) is 35.2. The highest BCUT2D eigenvalue weighted by molar-refractivity contribution is 6.30. The molecule has 0 aliphatic heterocycles.